The maximum absolute atomic E-state index is 12.2. The van der Waals surface area contributed by atoms with Gasteiger partial charge in [-0.15, -0.1) is 11.8 Å². The maximum Gasteiger partial charge on any atom is 0.326 e. The van der Waals surface area contributed by atoms with Gasteiger partial charge in [0, 0.05) is 10.1 Å². The van der Waals surface area contributed by atoms with Crippen molar-refractivity contribution in [2.75, 3.05) is 13.7 Å². The lowest BCUT2D eigenvalue weighted by Crippen LogP contribution is -2.49. The fraction of sp³-hybridized carbons (Fsp3) is 0.588. The van der Waals surface area contributed by atoms with E-state index in [9.17, 15) is 4.79 Å². The highest BCUT2D eigenvalue weighted by molar-refractivity contribution is 8.00. The number of carbonyl (C=O) groups excluding carboxylic acids is 1. The summed E-state index contributed by atoms with van der Waals surface area (Å²) in [5, 5.41) is 3.68. The molecule has 3 nitrogen and oxygen atoms in total. The molecule has 0 aliphatic heterocycles. The molecule has 2 atom stereocenters. The molecule has 1 saturated carbocycles. The molecule has 1 aliphatic carbocycles. The van der Waals surface area contributed by atoms with Gasteiger partial charge in [0.25, 0.3) is 0 Å². The standard InChI is InChI=1S/C17H25NO2S/c1-5-20-16(19)17(18-4)9-8-14(11-17)21-15-10-12(2)6-7-13(15)3/h6-7,10,14,18H,5,8-9,11H2,1-4H3. The van der Waals surface area contributed by atoms with Crippen LogP contribution >= 0.6 is 11.8 Å². The Morgan fingerprint density at radius 3 is 2.90 bits per heavy atom. The SMILES string of the molecule is CCOC(=O)C1(NC)CCC(Sc2cc(C)ccc2C)C1. The van der Waals surface area contributed by atoms with Crippen LogP contribution in [0.3, 0.4) is 0 Å². The Kier molecular flexibility index (Phi) is 5.33. The minimum Gasteiger partial charge on any atom is -0.465 e. The predicted octanol–water partition coefficient (Wildman–Crippen LogP) is 3.47. The van der Waals surface area contributed by atoms with Gasteiger partial charge in [0.15, 0.2) is 0 Å². The van der Waals surface area contributed by atoms with Gasteiger partial charge in [-0.05, 0) is 58.7 Å². The molecule has 4 heteroatoms. The van der Waals surface area contributed by atoms with E-state index in [-0.39, 0.29) is 5.97 Å². The largest absolute Gasteiger partial charge is 0.465 e. The minimum absolute atomic E-state index is 0.100. The van der Waals surface area contributed by atoms with Crippen LogP contribution in [0.15, 0.2) is 23.1 Å². The fourth-order valence-electron chi connectivity index (χ4n) is 2.90. The maximum atomic E-state index is 12.2. The highest BCUT2D eigenvalue weighted by Crippen LogP contribution is 2.41. The van der Waals surface area contributed by atoms with Crippen LogP contribution in [-0.4, -0.2) is 30.4 Å². The van der Waals surface area contributed by atoms with Crippen LogP contribution in [-0.2, 0) is 9.53 Å². The summed E-state index contributed by atoms with van der Waals surface area (Å²) in [5.74, 6) is -0.100. The topological polar surface area (TPSA) is 38.3 Å². The zero-order chi connectivity index (χ0) is 15.5. The van der Waals surface area contributed by atoms with Crippen LogP contribution in [0.4, 0.5) is 0 Å². The van der Waals surface area contributed by atoms with Crippen molar-refractivity contribution >= 4 is 17.7 Å². The molecule has 1 aromatic rings. The van der Waals surface area contributed by atoms with E-state index >= 15 is 0 Å². The Morgan fingerprint density at radius 1 is 1.48 bits per heavy atom. The molecule has 1 aromatic carbocycles. The van der Waals surface area contributed by atoms with Gasteiger partial charge in [0.1, 0.15) is 5.54 Å². The second kappa shape index (κ2) is 6.84. The number of carbonyl (C=O) groups is 1. The molecule has 2 unspecified atom stereocenters. The van der Waals surface area contributed by atoms with Crippen molar-refractivity contribution in [3.63, 3.8) is 0 Å². The number of aryl methyl sites for hydroxylation is 2. The summed E-state index contributed by atoms with van der Waals surface area (Å²) in [6.45, 7) is 6.57. The molecule has 0 radical (unpaired) electrons. The van der Waals surface area contributed by atoms with Crippen LogP contribution in [0.5, 0.6) is 0 Å². The highest BCUT2D eigenvalue weighted by Gasteiger charge is 2.45. The lowest BCUT2D eigenvalue weighted by atomic mass is 9.98. The highest BCUT2D eigenvalue weighted by atomic mass is 32.2. The zero-order valence-corrected chi connectivity index (χ0v) is 14.2. The number of hydrogen-bond donors (Lipinski definition) is 1. The van der Waals surface area contributed by atoms with E-state index in [0.717, 1.165) is 19.3 Å². The van der Waals surface area contributed by atoms with E-state index in [4.69, 9.17) is 4.74 Å². The normalized spacial score (nSPS) is 25.0. The van der Waals surface area contributed by atoms with Gasteiger partial charge < -0.3 is 10.1 Å². The quantitative estimate of drug-likeness (QED) is 0.845. The van der Waals surface area contributed by atoms with Crippen molar-refractivity contribution in [1.82, 2.24) is 5.32 Å². The van der Waals surface area contributed by atoms with Crippen molar-refractivity contribution in [2.24, 2.45) is 0 Å². The number of nitrogens with one attached hydrogen (secondary N) is 1. The minimum atomic E-state index is -0.495. The molecule has 2 rings (SSSR count). The van der Waals surface area contributed by atoms with Gasteiger partial charge in [-0.25, -0.2) is 0 Å². The fourth-order valence-corrected chi connectivity index (χ4v) is 4.37. The molecular formula is C17H25NO2S. The van der Waals surface area contributed by atoms with Crippen molar-refractivity contribution in [2.45, 2.75) is 55.7 Å². The molecule has 0 saturated heterocycles. The predicted molar refractivity (Wildman–Crippen MR) is 87.8 cm³/mol. The number of thioether (sulfide) groups is 1. The molecule has 0 aromatic heterocycles. The number of rotatable bonds is 5. The lowest BCUT2D eigenvalue weighted by Gasteiger charge is -2.26. The van der Waals surface area contributed by atoms with E-state index < -0.39 is 5.54 Å². The summed E-state index contributed by atoms with van der Waals surface area (Å²) in [5.41, 5.74) is 2.10. The van der Waals surface area contributed by atoms with Gasteiger partial charge in [-0.1, -0.05) is 17.7 Å². The Bertz CT molecular complexity index is 518. The number of esters is 1. The first-order valence-electron chi connectivity index (χ1n) is 7.61. The average Bonchev–Trinajstić information content (AvgIpc) is 2.88. The third kappa shape index (κ3) is 3.61. The number of hydrogen-bond acceptors (Lipinski definition) is 4. The Hall–Kier alpha value is -1.00. The summed E-state index contributed by atoms with van der Waals surface area (Å²) in [4.78, 5) is 13.6. The Balaban J connectivity index is 2.07. The second-order valence-corrected chi connectivity index (χ2v) is 7.15. The van der Waals surface area contributed by atoms with Gasteiger partial charge >= 0.3 is 5.97 Å². The van der Waals surface area contributed by atoms with Gasteiger partial charge in [-0.3, -0.25) is 4.79 Å². The van der Waals surface area contributed by atoms with Crippen molar-refractivity contribution in [3.05, 3.63) is 29.3 Å². The van der Waals surface area contributed by atoms with Gasteiger partial charge in [0.2, 0.25) is 0 Å². The van der Waals surface area contributed by atoms with Crippen LogP contribution in [0.1, 0.15) is 37.3 Å². The monoisotopic (exact) mass is 307 g/mol. The number of ether oxygens (including phenoxy) is 1. The summed E-state index contributed by atoms with van der Waals surface area (Å²) >= 11 is 1.90. The first-order valence-corrected chi connectivity index (χ1v) is 8.49. The molecule has 0 bridgehead atoms. The molecule has 116 valence electrons. The molecule has 1 aliphatic rings. The van der Waals surface area contributed by atoms with Gasteiger partial charge in [0.05, 0.1) is 6.61 Å². The first-order chi connectivity index (χ1) is 10.0. The van der Waals surface area contributed by atoms with E-state index in [1.54, 1.807) is 0 Å². The molecular weight excluding hydrogens is 282 g/mol. The summed E-state index contributed by atoms with van der Waals surface area (Å²) in [6, 6.07) is 6.55. The van der Waals surface area contributed by atoms with Crippen LogP contribution < -0.4 is 5.32 Å². The first kappa shape index (κ1) is 16.4. The lowest BCUT2D eigenvalue weighted by molar-refractivity contribution is -0.150. The second-order valence-electron chi connectivity index (χ2n) is 5.80. The molecule has 1 fully saturated rings. The third-order valence-electron chi connectivity index (χ3n) is 4.25. The molecule has 0 heterocycles. The summed E-state index contributed by atoms with van der Waals surface area (Å²) in [7, 11) is 1.86. The van der Waals surface area contributed by atoms with Gasteiger partial charge in [-0.2, -0.15) is 0 Å². The smallest absolute Gasteiger partial charge is 0.326 e. The Morgan fingerprint density at radius 2 is 2.24 bits per heavy atom. The Labute approximate surface area is 131 Å². The molecule has 1 N–H and O–H groups in total. The van der Waals surface area contributed by atoms with E-state index in [0.29, 0.717) is 11.9 Å². The van der Waals surface area contributed by atoms with Crippen LogP contribution in [0.25, 0.3) is 0 Å². The summed E-state index contributed by atoms with van der Waals surface area (Å²) in [6.07, 6.45) is 2.73. The molecule has 21 heavy (non-hydrogen) atoms. The average molecular weight is 307 g/mol. The number of likely N-dealkylation sites (N-methyl/N-ethyl adjacent to an activating group) is 1. The number of benzene rings is 1. The molecule has 0 spiro atoms. The van der Waals surface area contributed by atoms with E-state index in [1.807, 2.05) is 25.7 Å². The molecule has 0 amide bonds. The summed E-state index contributed by atoms with van der Waals surface area (Å²) < 4.78 is 5.25. The van der Waals surface area contributed by atoms with Crippen LogP contribution in [0, 0.1) is 13.8 Å². The van der Waals surface area contributed by atoms with Crippen molar-refractivity contribution in [3.8, 4) is 0 Å². The van der Waals surface area contributed by atoms with Crippen LogP contribution in [0.2, 0.25) is 0 Å². The van der Waals surface area contributed by atoms with E-state index in [2.05, 4.69) is 37.4 Å². The zero-order valence-electron chi connectivity index (χ0n) is 13.4. The van der Waals surface area contributed by atoms with Crippen molar-refractivity contribution in [1.29, 1.82) is 0 Å². The third-order valence-corrected chi connectivity index (χ3v) is 5.68. The van der Waals surface area contributed by atoms with Crippen molar-refractivity contribution < 1.29 is 9.53 Å². The van der Waals surface area contributed by atoms with E-state index in [1.165, 1.54) is 16.0 Å².